The highest BCUT2D eigenvalue weighted by Crippen LogP contribution is 2.39. The van der Waals surface area contributed by atoms with Crippen LogP contribution in [0.25, 0.3) is 10.2 Å². The highest BCUT2D eigenvalue weighted by molar-refractivity contribution is 7.17. The summed E-state index contributed by atoms with van der Waals surface area (Å²) in [5, 5.41) is 9.12. The summed E-state index contributed by atoms with van der Waals surface area (Å²) in [4.78, 5) is 26.2. The Bertz CT molecular complexity index is 1150. The first kappa shape index (κ1) is 17.5. The molecule has 148 valence electrons. The Hall–Kier alpha value is -2.36. The van der Waals surface area contributed by atoms with Crippen LogP contribution in [0, 0.1) is 11.8 Å². The Morgan fingerprint density at radius 2 is 2.14 bits per heavy atom. The number of hydrogen-bond donors (Lipinski definition) is 1. The molecule has 2 bridgehead atoms. The molecule has 2 fully saturated rings. The first-order valence-corrected chi connectivity index (χ1v) is 10.9. The van der Waals surface area contributed by atoms with Crippen LogP contribution in [0.15, 0.2) is 32.8 Å². The molecule has 1 aromatic heterocycles. The Labute approximate surface area is 175 Å². The van der Waals surface area contributed by atoms with Gasteiger partial charge in [0.2, 0.25) is 11.9 Å². The van der Waals surface area contributed by atoms with Crippen molar-refractivity contribution in [2.24, 2.45) is 32.8 Å². The zero-order valence-electron chi connectivity index (χ0n) is 15.6. The van der Waals surface area contributed by atoms with Gasteiger partial charge in [-0.3, -0.25) is 9.69 Å². The molecule has 8 nitrogen and oxygen atoms in total. The van der Waals surface area contributed by atoms with Gasteiger partial charge in [0.05, 0.1) is 26.5 Å². The summed E-state index contributed by atoms with van der Waals surface area (Å²) in [5.41, 5.74) is 10.2. The van der Waals surface area contributed by atoms with E-state index in [2.05, 4.69) is 20.1 Å². The molecule has 2 aromatic rings. The molecule has 0 spiro atoms. The number of nitrogens with two attached hydrogens (primary N) is 1. The highest BCUT2D eigenvalue weighted by atomic mass is 35.5. The minimum Gasteiger partial charge on any atom is -0.337 e. The van der Waals surface area contributed by atoms with Gasteiger partial charge in [0, 0.05) is 31.2 Å². The average Bonchev–Trinajstić information content (AvgIpc) is 3.49. The number of piperidine rings is 1. The molecule has 29 heavy (non-hydrogen) atoms. The minimum absolute atomic E-state index is 0.0955. The summed E-state index contributed by atoms with van der Waals surface area (Å²) >= 11 is 8.09. The fourth-order valence-electron chi connectivity index (χ4n) is 4.96. The molecule has 1 aliphatic carbocycles. The van der Waals surface area contributed by atoms with Crippen molar-refractivity contribution in [3.8, 4) is 0 Å². The molecule has 0 radical (unpaired) electrons. The normalized spacial score (nSPS) is 30.7. The lowest BCUT2D eigenvalue weighted by Crippen LogP contribution is -2.55. The number of aromatic nitrogens is 1. The number of amides is 1. The number of hydrogen-bond acceptors (Lipinski definition) is 8. The SMILES string of the molecule is CN1C(=O)C2C(=NN=C2c2ccc3ncsc3c2Cl)N=C1N1C[C@@H]2CC[C@H]1[C@H]2N. The molecule has 1 amide bonds. The maximum Gasteiger partial charge on any atom is 0.246 e. The van der Waals surface area contributed by atoms with Crippen molar-refractivity contribution < 1.29 is 4.79 Å². The zero-order chi connectivity index (χ0) is 19.9. The van der Waals surface area contributed by atoms with Crippen LogP contribution in [-0.4, -0.2) is 63.9 Å². The van der Waals surface area contributed by atoms with Crippen molar-refractivity contribution in [1.29, 1.82) is 0 Å². The van der Waals surface area contributed by atoms with Crippen LogP contribution in [0.3, 0.4) is 0 Å². The summed E-state index contributed by atoms with van der Waals surface area (Å²) in [6.07, 6.45) is 2.18. The highest BCUT2D eigenvalue weighted by Gasteiger charge is 2.50. The number of fused-ring (bicyclic) bond motifs is 4. The predicted octanol–water partition coefficient (Wildman–Crippen LogP) is 1.93. The molecule has 6 rings (SSSR count). The first-order chi connectivity index (χ1) is 14.0. The topological polar surface area (TPSA) is 99.5 Å². The lowest BCUT2D eigenvalue weighted by Gasteiger charge is -2.37. The Balaban J connectivity index is 1.37. The van der Waals surface area contributed by atoms with E-state index in [1.807, 2.05) is 12.1 Å². The Morgan fingerprint density at radius 1 is 1.28 bits per heavy atom. The van der Waals surface area contributed by atoms with E-state index in [9.17, 15) is 4.79 Å². The molecule has 3 aliphatic heterocycles. The summed E-state index contributed by atoms with van der Waals surface area (Å²) < 4.78 is 0.878. The number of likely N-dealkylation sites (tertiary alicyclic amines) is 1. The van der Waals surface area contributed by atoms with Gasteiger partial charge in [-0.1, -0.05) is 11.6 Å². The summed E-state index contributed by atoms with van der Waals surface area (Å²) in [6.45, 7) is 0.835. The van der Waals surface area contributed by atoms with Crippen molar-refractivity contribution in [2.45, 2.75) is 24.9 Å². The standard InChI is InChI=1S/C19H18ClN7OS/c1-26-18(28)12-15(9-3-4-10-16(13(9)20)29-7-22-10)24-25-17(12)23-19(26)27-6-8-2-5-11(27)14(8)21/h3-4,7-8,11-12,14H,2,5-6,21H2,1H3/t8-,11-,12?,14-/m0/s1. The van der Waals surface area contributed by atoms with Crippen LogP contribution in [0.4, 0.5) is 0 Å². The lowest BCUT2D eigenvalue weighted by molar-refractivity contribution is -0.127. The lowest BCUT2D eigenvalue weighted by atomic mass is 9.93. The molecule has 1 aromatic carbocycles. The van der Waals surface area contributed by atoms with E-state index in [1.54, 1.807) is 17.5 Å². The number of rotatable bonds is 1. The maximum atomic E-state index is 13.3. The van der Waals surface area contributed by atoms with E-state index in [0.717, 1.165) is 29.6 Å². The van der Waals surface area contributed by atoms with Gasteiger partial charge in [0.15, 0.2) is 5.84 Å². The van der Waals surface area contributed by atoms with Gasteiger partial charge < -0.3 is 10.6 Å². The summed E-state index contributed by atoms with van der Waals surface area (Å²) in [6, 6.07) is 4.12. The Morgan fingerprint density at radius 3 is 2.90 bits per heavy atom. The van der Waals surface area contributed by atoms with Crippen LogP contribution in [0.2, 0.25) is 5.02 Å². The number of halogens is 1. The van der Waals surface area contributed by atoms with Gasteiger partial charge >= 0.3 is 0 Å². The van der Waals surface area contributed by atoms with Crippen molar-refractivity contribution in [3.05, 3.63) is 28.2 Å². The van der Waals surface area contributed by atoms with Gasteiger partial charge in [0.1, 0.15) is 5.92 Å². The van der Waals surface area contributed by atoms with Gasteiger partial charge in [-0.25, -0.2) is 4.98 Å². The molecule has 1 unspecified atom stereocenters. The fourth-order valence-corrected chi connectivity index (χ4v) is 6.08. The number of amidine groups is 1. The van der Waals surface area contributed by atoms with Gasteiger partial charge in [-0.05, 0) is 30.9 Å². The van der Waals surface area contributed by atoms with E-state index < -0.39 is 5.92 Å². The molecular weight excluding hydrogens is 410 g/mol. The smallest absolute Gasteiger partial charge is 0.246 e. The number of guanidine groups is 1. The zero-order valence-corrected chi connectivity index (χ0v) is 17.2. The van der Waals surface area contributed by atoms with Crippen LogP contribution in [0.5, 0.6) is 0 Å². The summed E-state index contributed by atoms with van der Waals surface area (Å²) in [7, 11) is 1.76. The van der Waals surface area contributed by atoms with Crippen LogP contribution >= 0.6 is 22.9 Å². The molecule has 1 saturated carbocycles. The van der Waals surface area contributed by atoms with Gasteiger partial charge in [0.25, 0.3) is 0 Å². The van der Waals surface area contributed by atoms with Gasteiger partial charge in [-0.2, -0.15) is 10.1 Å². The van der Waals surface area contributed by atoms with E-state index in [0.29, 0.717) is 34.0 Å². The van der Waals surface area contributed by atoms with E-state index >= 15 is 0 Å². The number of carbonyl (C=O) groups excluding carboxylic acids is 1. The molecule has 4 atom stereocenters. The maximum absolute atomic E-state index is 13.3. The third-order valence-electron chi connectivity index (χ3n) is 6.51. The van der Waals surface area contributed by atoms with E-state index in [-0.39, 0.29) is 18.0 Å². The second-order valence-electron chi connectivity index (χ2n) is 7.95. The average molecular weight is 428 g/mol. The summed E-state index contributed by atoms with van der Waals surface area (Å²) in [5.74, 6) is 0.788. The van der Waals surface area contributed by atoms with Gasteiger partial charge in [-0.15, -0.1) is 16.4 Å². The van der Waals surface area contributed by atoms with Crippen LogP contribution in [0.1, 0.15) is 18.4 Å². The van der Waals surface area contributed by atoms with Crippen molar-refractivity contribution in [1.82, 2.24) is 14.8 Å². The monoisotopic (exact) mass is 427 g/mol. The minimum atomic E-state index is -0.639. The Kier molecular flexibility index (Phi) is 3.66. The molecule has 10 heteroatoms. The van der Waals surface area contributed by atoms with Crippen LogP contribution in [-0.2, 0) is 4.79 Å². The van der Waals surface area contributed by atoms with Crippen LogP contribution < -0.4 is 5.73 Å². The second kappa shape index (κ2) is 6.07. The predicted molar refractivity (Wildman–Crippen MR) is 113 cm³/mol. The molecule has 2 N–H and O–H groups in total. The quantitative estimate of drug-likeness (QED) is 0.751. The molecule has 1 saturated heterocycles. The number of thiazole rings is 1. The third-order valence-corrected chi connectivity index (χ3v) is 7.87. The number of benzene rings is 1. The molecule has 4 heterocycles. The fraction of sp³-hybridized carbons (Fsp3) is 0.421. The number of nitrogens with zero attached hydrogens (tertiary/aromatic N) is 6. The van der Waals surface area contributed by atoms with Crippen molar-refractivity contribution in [2.75, 3.05) is 13.6 Å². The van der Waals surface area contributed by atoms with E-state index in [4.69, 9.17) is 22.3 Å². The molecule has 4 aliphatic rings. The van der Waals surface area contributed by atoms with E-state index in [1.165, 1.54) is 11.3 Å². The number of carbonyl (C=O) groups is 1. The second-order valence-corrected chi connectivity index (χ2v) is 9.18. The van der Waals surface area contributed by atoms with Crippen molar-refractivity contribution >= 4 is 56.6 Å². The molecular formula is C19H18ClN7OS. The third kappa shape index (κ3) is 2.32. The number of aliphatic imine (C=N–C) groups is 1. The largest absolute Gasteiger partial charge is 0.337 e. The first-order valence-electron chi connectivity index (χ1n) is 9.60. The van der Waals surface area contributed by atoms with Crippen molar-refractivity contribution in [3.63, 3.8) is 0 Å².